The summed E-state index contributed by atoms with van der Waals surface area (Å²) < 4.78 is 25.6. The molecule has 4 aromatic rings. The van der Waals surface area contributed by atoms with Crippen molar-refractivity contribution in [2.45, 2.75) is 19.6 Å². The van der Waals surface area contributed by atoms with E-state index in [0.29, 0.717) is 23.8 Å². The summed E-state index contributed by atoms with van der Waals surface area (Å²) in [5.74, 6) is 0.0816. The fraction of sp³-hybridized carbons (Fsp3) is 0.278. The fourth-order valence-electron chi connectivity index (χ4n) is 5.24. The topological polar surface area (TPSA) is 79.9 Å². The van der Waals surface area contributed by atoms with Gasteiger partial charge in [0, 0.05) is 18.8 Å². The van der Waals surface area contributed by atoms with Crippen LogP contribution in [0, 0.1) is 12.7 Å². The largest absolute Gasteiger partial charge is 0.457 e. The second-order valence-corrected chi connectivity index (χ2v) is 11.6. The number of carbonyl (C=O) groups is 2. The number of amides is 2. The molecule has 1 fully saturated rings. The summed E-state index contributed by atoms with van der Waals surface area (Å²) in [4.78, 5) is 28.7. The molecule has 234 valence electrons. The molecular weight excluding hydrogens is 571 g/mol. The van der Waals surface area contributed by atoms with Crippen LogP contribution in [0.5, 0.6) is 11.5 Å². The number of benzene rings is 4. The summed E-state index contributed by atoms with van der Waals surface area (Å²) in [5, 5.41) is 5.78. The first-order valence-electron chi connectivity index (χ1n) is 15.2. The third kappa shape index (κ3) is 9.21. The van der Waals surface area contributed by atoms with Gasteiger partial charge >= 0.3 is 0 Å². The van der Waals surface area contributed by atoms with Gasteiger partial charge in [0.15, 0.2) is 0 Å². The van der Waals surface area contributed by atoms with Gasteiger partial charge in [-0.25, -0.2) is 4.39 Å². The maximum absolute atomic E-state index is 13.4. The first-order valence-corrected chi connectivity index (χ1v) is 15.2. The van der Waals surface area contributed by atoms with Gasteiger partial charge in [-0.2, -0.15) is 0 Å². The Morgan fingerprint density at radius 1 is 0.867 bits per heavy atom. The van der Waals surface area contributed by atoms with E-state index in [4.69, 9.17) is 9.47 Å². The van der Waals surface area contributed by atoms with E-state index in [2.05, 4.69) is 53.8 Å². The standard InChI is InChI=1S/C36H39FN4O4/c1-27-8-14-31(15-9-27)41(2)22-20-40(21-23-41)24-35(42)39-34(26-44-25-28-6-4-3-5-7-28)36(43)38-30-12-18-33(19-13-30)45-32-16-10-29(37)11-17-32/h3-19,34H,20-26H2,1-2H3,(H-,38,39,42,43)/p+1. The molecule has 9 heteroatoms. The maximum Gasteiger partial charge on any atom is 0.249 e. The number of likely N-dealkylation sites (N-methyl/N-ethyl adjacent to an activating group) is 1. The van der Waals surface area contributed by atoms with Crippen molar-refractivity contribution in [3.8, 4) is 11.5 Å². The van der Waals surface area contributed by atoms with Crippen LogP contribution in [0.4, 0.5) is 15.8 Å². The van der Waals surface area contributed by atoms with Gasteiger partial charge < -0.3 is 20.1 Å². The van der Waals surface area contributed by atoms with E-state index in [0.717, 1.165) is 36.2 Å². The van der Waals surface area contributed by atoms with E-state index in [-0.39, 0.29) is 30.8 Å². The van der Waals surface area contributed by atoms with Crippen LogP contribution in [-0.2, 0) is 20.9 Å². The molecule has 8 nitrogen and oxygen atoms in total. The van der Waals surface area contributed by atoms with Crippen LogP contribution in [-0.4, -0.2) is 69.1 Å². The van der Waals surface area contributed by atoms with E-state index >= 15 is 0 Å². The molecule has 5 rings (SSSR count). The number of aryl methyl sites for hydroxylation is 1. The number of hydrogen-bond donors (Lipinski definition) is 2. The van der Waals surface area contributed by atoms with Gasteiger partial charge in [0.05, 0.1) is 39.9 Å². The predicted octanol–water partition coefficient (Wildman–Crippen LogP) is 5.52. The Kier molecular flexibility index (Phi) is 10.6. The Morgan fingerprint density at radius 2 is 1.49 bits per heavy atom. The van der Waals surface area contributed by atoms with Crippen LogP contribution in [0.25, 0.3) is 0 Å². The average molecular weight is 612 g/mol. The predicted molar refractivity (Wildman–Crippen MR) is 175 cm³/mol. The van der Waals surface area contributed by atoms with Gasteiger partial charge in [-0.1, -0.05) is 48.0 Å². The Bertz CT molecular complexity index is 1540. The highest BCUT2D eigenvalue weighted by atomic mass is 19.1. The Morgan fingerprint density at radius 3 is 2.13 bits per heavy atom. The van der Waals surface area contributed by atoms with Crippen LogP contribution in [0.2, 0.25) is 0 Å². The average Bonchev–Trinajstić information content (AvgIpc) is 3.04. The second-order valence-electron chi connectivity index (χ2n) is 11.6. The number of piperazine rings is 1. The van der Waals surface area contributed by atoms with Gasteiger partial charge in [0.2, 0.25) is 11.8 Å². The molecule has 0 saturated carbocycles. The molecule has 1 heterocycles. The lowest BCUT2D eigenvalue weighted by Gasteiger charge is -2.41. The first kappa shape index (κ1) is 31.8. The minimum absolute atomic E-state index is 0.0145. The van der Waals surface area contributed by atoms with Crippen LogP contribution in [0.3, 0.4) is 0 Å². The zero-order valence-corrected chi connectivity index (χ0v) is 25.7. The van der Waals surface area contributed by atoms with Crippen LogP contribution >= 0.6 is 0 Å². The molecule has 1 unspecified atom stereocenters. The summed E-state index contributed by atoms with van der Waals surface area (Å²) in [6.45, 7) is 5.94. The molecule has 0 spiro atoms. The molecule has 0 radical (unpaired) electrons. The first-order chi connectivity index (χ1) is 21.8. The monoisotopic (exact) mass is 611 g/mol. The van der Waals surface area contributed by atoms with Crippen molar-refractivity contribution in [2.24, 2.45) is 0 Å². The molecule has 45 heavy (non-hydrogen) atoms. The fourth-order valence-corrected chi connectivity index (χ4v) is 5.24. The molecule has 2 amide bonds. The van der Waals surface area contributed by atoms with Crippen molar-refractivity contribution in [3.05, 3.63) is 120 Å². The van der Waals surface area contributed by atoms with E-state index < -0.39 is 6.04 Å². The third-order valence-corrected chi connectivity index (χ3v) is 8.06. The van der Waals surface area contributed by atoms with Gasteiger partial charge in [0.25, 0.3) is 0 Å². The van der Waals surface area contributed by atoms with Crippen LogP contribution in [0.1, 0.15) is 11.1 Å². The highest BCUT2D eigenvalue weighted by molar-refractivity contribution is 5.97. The maximum atomic E-state index is 13.4. The minimum atomic E-state index is -0.894. The molecule has 0 aliphatic carbocycles. The number of nitrogens with one attached hydrogen (secondary N) is 2. The van der Waals surface area contributed by atoms with Crippen molar-refractivity contribution in [1.82, 2.24) is 14.7 Å². The molecule has 1 aliphatic heterocycles. The number of quaternary nitrogens is 1. The third-order valence-electron chi connectivity index (χ3n) is 8.06. The van der Waals surface area contributed by atoms with Crippen molar-refractivity contribution < 1.29 is 23.5 Å². The van der Waals surface area contributed by atoms with Crippen molar-refractivity contribution in [3.63, 3.8) is 0 Å². The molecule has 4 aromatic carbocycles. The molecule has 0 bridgehead atoms. The second kappa shape index (κ2) is 14.9. The lowest BCUT2D eigenvalue weighted by molar-refractivity contribution is -0.129. The Balaban J connectivity index is 1.17. The van der Waals surface area contributed by atoms with Gasteiger partial charge in [0.1, 0.15) is 29.0 Å². The molecule has 1 saturated heterocycles. The quantitative estimate of drug-likeness (QED) is 0.206. The number of halogens is 1. The van der Waals surface area contributed by atoms with Gasteiger partial charge in [-0.3, -0.25) is 19.0 Å². The summed E-state index contributed by atoms with van der Waals surface area (Å²) >= 11 is 0. The van der Waals surface area contributed by atoms with E-state index in [1.54, 1.807) is 36.4 Å². The minimum Gasteiger partial charge on any atom is -0.457 e. The molecule has 2 N–H and O–H groups in total. The zero-order chi connectivity index (χ0) is 31.6. The summed E-state index contributed by atoms with van der Waals surface area (Å²) in [5.41, 5.74) is 4.02. The number of carbonyl (C=O) groups excluding carboxylic acids is 2. The molecule has 1 atom stereocenters. The highest BCUT2D eigenvalue weighted by Gasteiger charge is 2.32. The van der Waals surface area contributed by atoms with Crippen molar-refractivity contribution >= 4 is 23.2 Å². The number of hydrogen-bond acceptors (Lipinski definition) is 5. The van der Waals surface area contributed by atoms with E-state index in [1.807, 2.05) is 30.3 Å². The number of rotatable bonds is 12. The van der Waals surface area contributed by atoms with Crippen LogP contribution in [0.15, 0.2) is 103 Å². The van der Waals surface area contributed by atoms with Crippen molar-refractivity contribution in [2.75, 3.05) is 51.7 Å². The summed E-state index contributed by atoms with van der Waals surface area (Å²) in [6, 6.07) is 30.0. The smallest absolute Gasteiger partial charge is 0.249 e. The van der Waals surface area contributed by atoms with Crippen LogP contribution < -0.4 is 19.9 Å². The van der Waals surface area contributed by atoms with Gasteiger partial charge in [-0.05, 0) is 73.2 Å². The van der Waals surface area contributed by atoms with Crippen molar-refractivity contribution in [1.29, 1.82) is 0 Å². The normalized spacial score (nSPS) is 15.2. The SMILES string of the molecule is Cc1ccc([N+]2(C)CCN(CC(=O)NC(COCc3ccccc3)C(=O)Nc3ccc(Oc4ccc(F)cc4)cc3)CC2)cc1. The summed E-state index contributed by atoms with van der Waals surface area (Å²) in [7, 11) is 2.23. The zero-order valence-electron chi connectivity index (χ0n) is 25.7. The molecule has 0 aromatic heterocycles. The lowest BCUT2D eigenvalue weighted by Crippen LogP contribution is -2.60. The highest BCUT2D eigenvalue weighted by Crippen LogP contribution is 2.25. The Hall–Kier alpha value is -4.57. The molecule has 1 aliphatic rings. The number of ether oxygens (including phenoxy) is 2. The van der Waals surface area contributed by atoms with E-state index in [9.17, 15) is 14.0 Å². The van der Waals surface area contributed by atoms with Gasteiger partial charge in [-0.15, -0.1) is 0 Å². The summed E-state index contributed by atoms with van der Waals surface area (Å²) in [6.07, 6.45) is 0. The lowest BCUT2D eigenvalue weighted by atomic mass is 10.1. The number of anilines is 1. The Labute approximate surface area is 264 Å². The molecular formula is C36H40FN4O4+. The number of nitrogens with zero attached hydrogens (tertiary/aromatic N) is 2. The van der Waals surface area contributed by atoms with E-state index in [1.165, 1.54) is 23.4 Å².